The van der Waals surface area contributed by atoms with Gasteiger partial charge in [-0.05, 0) is 62.1 Å². The highest BCUT2D eigenvalue weighted by Crippen LogP contribution is 2.35. The van der Waals surface area contributed by atoms with Crippen LogP contribution in [0.25, 0.3) is 21.7 Å². The van der Waals surface area contributed by atoms with E-state index < -0.39 is 12.3 Å². The number of nitrogens with zero attached hydrogens (tertiary/aromatic N) is 2. The van der Waals surface area contributed by atoms with Crippen molar-refractivity contribution in [1.29, 1.82) is 0 Å². The number of halogens is 1. The van der Waals surface area contributed by atoms with Crippen molar-refractivity contribution in [2.45, 2.75) is 44.9 Å². The minimum atomic E-state index is -0.947. The van der Waals surface area contributed by atoms with Crippen LogP contribution in [0.4, 0.5) is 4.39 Å². The fourth-order valence-electron chi connectivity index (χ4n) is 3.36. The van der Waals surface area contributed by atoms with Crippen molar-refractivity contribution in [2.24, 2.45) is 0 Å². The van der Waals surface area contributed by atoms with Crippen molar-refractivity contribution in [3.63, 3.8) is 0 Å². The van der Waals surface area contributed by atoms with Crippen LogP contribution in [0.15, 0.2) is 42.5 Å². The van der Waals surface area contributed by atoms with Crippen LogP contribution in [-0.4, -0.2) is 27.6 Å². The van der Waals surface area contributed by atoms with Gasteiger partial charge in [-0.1, -0.05) is 12.5 Å². The number of ether oxygens (including phenoxy) is 1. The Balaban J connectivity index is 1.51. The highest BCUT2D eigenvalue weighted by atomic mass is 32.1. The summed E-state index contributed by atoms with van der Waals surface area (Å²) in [7, 11) is 0. The molecule has 0 saturated heterocycles. The first-order valence-corrected chi connectivity index (χ1v) is 9.96. The quantitative estimate of drug-likeness (QED) is 0.641. The fraction of sp³-hybridized carbons (Fsp3) is 0.333. The zero-order chi connectivity index (χ0) is 18.8. The van der Waals surface area contributed by atoms with Gasteiger partial charge in [-0.2, -0.15) is 0 Å². The normalized spacial score (nSPS) is 19.8. The van der Waals surface area contributed by atoms with Crippen molar-refractivity contribution in [1.82, 2.24) is 10.2 Å². The molecule has 4 nitrogen and oxygen atoms in total. The molecule has 3 aromatic rings. The predicted molar refractivity (Wildman–Crippen MR) is 105 cm³/mol. The summed E-state index contributed by atoms with van der Waals surface area (Å²) in [6.45, 7) is 2.06. The van der Waals surface area contributed by atoms with Crippen LogP contribution in [-0.2, 0) is 0 Å². The molecule has 0 aliphatic heterocycles. The number of alkyl halides is 1. The molecule has 0 bridgehead atoms. The number of aromatic hydroxyl groups is 1. The number of aromatic nitrogens is 2. The molecular formula is C21H21FN2O2S. The maximum atomic E-state index is 13.9. The SMILES string of the molecule is Cc1ccc(-c2ccc(-c3ccc(O[C@H]4CCCC[C@H]4F)nn3)c(O)c2)s1. The maximum absolute atomic E-state index is 13.9. The smallest absolute Gasteiger partial charge is 0.233 e. The first kappa shape index (κ1) is 17.9. The summed E-state index contributed by atoms with van der Waals surface area (Å²) in [6.07, 6.45) is 1.74. The summed E-state index contributed by atoms with van der Waals surface area (Å²) in [6, 6.07) is 13.1. The Kier molecular flexibility index (Phi) is 5.07. The molecule has 2 heterocycles. The molecule has 0 amide bonds. The van der Waals surface area contributed by atoms with Gasteiger partial charge in [-0.3, -0.25) is 0 Å². The average Bonchev–Trinajstić information content (AvgIpc) is 3.11. The Hall–Kier alpha value is -2.47. The van der Waals surface area contributed by atoms with Gasteiger partial charge < -0.3 is 9.84 Å². The Bertz CT molecular complexity index is 926. The molecule has 0 spiro atoms. The molecule has 2 aromatic heterocycles. The molecule has 2 atom stereocenters. The molecule has 1 aliphatic carbocycles. The fourth-order valence-corrected chi connectivity index (χ4v) is 4.22. The van der Waals surface area contributed by atoms with Crippen LogP contribution in [0, 0.1) is 6.92 Å². The van der Waals surface area contributed by atoms with E-state index in [0.717, 1.165) is 23.3 Å². The van der Waals surface area contributed by atoms with E-state index >= 15 is 0 Å². The van der Waals surface area contributed by atoms with Gasteiger partial charge in [0.2, 0.25) is 5.88 Å². The van der Waals surface area contributed by atoms with Crippen LogP contribution in [0.1, 0.15) is 30.6 Å². The number of thiophene rings is 1. The van der Waals surface area contributed by atoms with Gasteiger partial charge in [0, 0.05) is 21.4 Å². The predicted octanol–water partition coefficient (Wildman–Crippen LogP) is 5.55. The molecule has 1 saturated carbocycles. The molecule has 4 rings (SSSR count). The molecule has 0 radical (unpaired) electrons. The number of rotatable bonds is 4. The number of benzene rings is 1. The third-order valence-electron chi connectivity index (χ3n) is 4.83. The Morgan fingerprint density at radius 1 is 1.07 bits per heavy atom. The Labute approximate surface area is 161 Å². The first-order chi connectivity index (χ1) is 13.1. The zero-order valence-electron chi connectivity index (χ0n) is 15.1. The van der Waals surface area contributed by atoms with Crippen molar-refractivity contribution in [2.75, 3.05) is 0 Å². The number of hydrogen-bond acceptors (Lipinski definition) is 5. The van der Waals surface area contributed by atoms with E-state index in [1.807, 2.05) is 18.2 Å². The summed E-state index contributed by atoms with van der Waals surface area (Å²) in [5.74, 6) is 0.469. The van der Waals surface area contributed by atoms with Gasteiger partial charge in [0.15, 0.2) is 0 Å². The largest absolute Gasteiger partial charge is 0.507 e. The minimum Gasteiger partial charge on any atom is -0.507 e. The molecule has 6 heteroatoms. The van der Waals surface area contributed by atoms with Crippen molar-refractivity contribution in [3.8, 4) is 33.3 Å². The second-order valence-corrected chi connectivity index (χ2v) is 8.14. The molecular weight excluding hydrogens is 363 g/mol. The molecule has 1 fully saturated rings. The second kappa shape index (κ2) is 7.64. The Morgan fingerprint density at radius 3 is 2.59 bits per heavy atom. The Morgan fingerprint density at radius 2 is 1.93 bits per heavy atom. The van der Waals surface area contributed by atoms with Gasteiger partial charge in [0.1, 0.15) is 18.0 Å². The summed E-state index contributed by atoms with van der Waals surface area (Å²) in [5.41, 5.74) is 2.12. The van der Waals surface area contributed by atoms with Crippen LogP contribution < -0.4 is 4.74 Å². The lowest BCUT2D eigenvalue weighted by molar-refractivity contribution is 0.0594. The van der Waals surface area contributed by atoms with E-state index in [-0.39, 0.29) is 5.75 Å². The number of hydrogen-bond donors (Lipinski definition) is 1. The third kappa shape index (κ3) is 3.95. The molecule has 1 aliphatic rings. The van der Waals surface area contributed by atoms with Gasteiger partial charge in [0.25, 0.3) is 0 Å². The second-order valence-electron chi connectivity index (χ2n) is 6.86. The highest BCUT2D eigenvalue weighted by molar-refractivity contribution is 7.15. The summed E-state index contributed by atoms with van der Waals surface area (Å²) < 4.78 is 19.6. The minimum absolute atomic E-state index is 0.151. The van der Waals surface area contributed by atoms with E-state index in [0.29, 0.717) is 30.0 Å². The van der Waals surface area contributed by atoms with Gasteiger partial charge >= 0.3 is 0 Å². The van der Waals surface area contributed by atoms with Crippen LogP contribution in [0.2, 0.25) is 0 Å². The van der Waals surface area contributed by atoms with E-state index in [1.54, 1.807) is 29.5 Å². The van der Waals surface area contributed by atoms with E-state index in [9.17, 15) is 9.50 Å². The molecule has 0 unspecified atom stereocenters. The summed E-state index contributed by atoms with van der Waals surface area (Å²) >= 11 is 1.68. The monoisotopic (exact) mass is 384 g/mol. The first-order valence-electron chi connectivity index (χ1n) is 9.15. The van der Waals surface area contributed by atoms with Crippen LogP contribution in [0.5, 0.6) is 11.6 Å². The van der Waals surface area contributed by atoms with Crippen molar-refractivity contribution < 1.29 is 14.2 Å². The number of phenolic OH excluding ortho intramolecular Hbond substituents is 1. The number of aryl methyl sites for hydroxylation is 1. The standard InChI is InChI=1S/C21H21FN2O2S/c1-13-6-10-20(27-13)14-7-8-15(18(25)12-14)17-9-11-21(24-23-17)26-19-5-3-2-4-16(19)22/h6-12,16,19,25H,2-5H2,1H3/t16-,19+/m1/s1. The summed E-state index contributed by atoms with van der Waals surface area (Å²) in [5, 5.41) is 18.6. The average molecular weight is 384 g/mol. The summed E-state index contributed by atoms with van der Waals surface area (Å²) in [4.78, 5) is 2.33. The molecule has 1 N–H and O–H groups in total. The van der Waals surface area contributed by atoms with Crippen LogP contribution >= 0.6 is 11.3 Å². The lowest BCUT2D eigenvalue weighted by Crippen LogP contribution is -2.32. The lowest BCUT2D eigenvalue weighted by Gasteiger charge is -2.25. The molecule has 1 aromatic carbocycles. The molecule has 27 heavy (non-hydrogen) atoms. The highest BCUT2D eigenvalue weighted by Gasteiger charge is 2.26. The van der Waals surface area contributed by atoms with Crippen LogP contribution in [0.3, 0.4) is 0 Å². The number of phenols is 1. The lowest BCUT2D eigenvalue weighted by atomic mass is 9.96. The zero-order valence-corrected chi connectivity index (χ0v) is 15.9. The van der Waals surface area contributed by atoms with Gasteiger partial charge in [-0.15, -0.1) is 21.5 Å². The maximum Gasteiger partial charge on any atom is 0.233 e. The third-order valence-corrected chi connectivity index (χ3v) is 5.88. The van der Waals surface area contributed by atoms with E-state index in [2.05, 4.69) is 23.2 Å². The van der Waals surface area contributed by atoms with E-state index in [4.69, 9.17) is 4.74 Å². The van der Waals surface area contributed by atoms with Crippen molar-refractivity contribution >= 4 is 11.3 Å². The van der Waals surface area contributed by atoms with Gasteiger partial charge in [-0.25, -0.2) is 4.39 Å². The topological polar surface area (TPSA) is 55.2 Å². The van der Waals surface area contributed by atoms with E-state index in [1.165, 1.54) is 4.88 Å². The van der Waals surface area contributed by atoms with Gasteiger partial charge in [0.05, 0.1) is 5.69 Å². The molecule has 140 valence electrons. The van der Waals surface area contributed by atoms with Crippen molar-refractivity contribution in [3.05, 3.63) is 47.3 Å².